The van der Waals surface area contributed by atoms with Gasteiger partial charge in [0, 0.05) is 11.8 Å². The maximum absolute atomic E-state index is 9.47. The van der Waals surface area contributed by atoms with Crippen LogP contribution >= 0.6 is 11.6 Å². The fraction of sp³-hybridized carbons (Fsp3) is 0.241. The third-order valence-electron chi connectivity index (χ3n) is 6.12. The van der Waals surface area contributed by atoms with Crippen LogP contribution in [0.4, 0.5) is 0 Å². The number of aliphatic hydroxyl groups is 2. The first-order chi connectivity index (χ1) is 17.9. The minimum Gasteiger partial charge on any atom is -0.487 e. The van der Waals surface area contributed by atoms with Crippen LogP contribution in [0.15, 0.2) is 60.8 Å². The highest BCUT2D eigenvalue weighted by atomic mass is 35.5. The number of hydrogen-bond acceptors (Lipinski definition) is 7. The molecular formula is C29H29ClN2O5. The van der Waals surface area contributed by atoms with E-state index in [0.717, 1.165) is 39.3 Å². The number of methoxy groups -OCH3 is 1. The van der Waals surface area contributed by atoms with Crippen LogP contribution in [-0.2, 0) is 26.4 Å². The van der Waals surface area contributed by atoms with Gasteiger partial charge in [-0.1, -0.05) is 41.9 Å². The maximum atomic E-state index is 9.47. The van der Waals surface area contributed by atoms with Gasteiger partial charge < -0.3 is 24.4 Å². The van der Waals surface area contributed by atoms with Gasteiger partial charge in [0.15, 0.2) is 0 Å². The van der Waals surface area contributed by atoms with Gasteiger partial charge in [-0.25, -0.2) is 4.98 Å². The van der Waals surface area contributed by atoms with Gasteiger partial charge in [-0.15, -0.1) is 0 Å². The molecular weight excluding hydrogens is 492 g/mol. The van der Waals surface area contributed by atoms with E-state index in [1.807, 2.05) is 56.3 Å². The summed E-state index contributed by atoms with van der Waals surface area (Å²) < 4.78 is 17.4. The van der Waals surface area contributed by atoms with Gasteiger partial charge in [-0.3, -0.25) is 4.98 Å². The highest BCUT2D eigenvalue weighted by Gasteiger charge is 2.15. The lowest BCUT2D eigenvalue weighted by molar-refractivity contribution is 0.268. The molecule has 2 N–H and O–H groups in total. The van der Waals surface area contributed by atoms with Crippen molar-refractivity contribution in [2.45, 2.75) is 40.3 Å². The van der Waals surface area contributed by atoms with Crippen LogP contribution < -0.4 is 14.2 Å². The van der Waals surface area contributed by atoms with Crippen molar-refractivity contribution in [2.75, 3.05) is 7.11 Å². The van der Waals surface area contributed by atoms with Crippen molar-refractivity contribution in [2.24, 2.45) is 0 Å². The standard InChI is InChI=1S/C29H29ClN2O5/c1-18-23(6-4-8-27(18)36-16-22-11-10-20(14-33)13-31-22)24-7-5-9-28(19(24)2)37-17-26-25(30)12-21(15-34)29(32-26)35-3/h4-13,33-34H,14-17H2,1-3H3. The van der Waals surface area contributed by atoms with E-state index in [1.165, 1.54) is 7.11 Å². The predicted molar refractivity (Wildman–Crippen MR) is 142 cm³/mol. The summed E-state index contributed by atoms with van der Waals surface area (Å²) >= 11 is 6.36. The van der Waals surface area contributed by atoms with Gasteiger partial charge in [-0.05, 0) is 65.9 Å². The number of aromatic nitrogens is 2. The van der Waals surface area contributed by atoms with Gasteiger partial charge in [0.05, 0.1) is 31.0 Å². The Morgan fingerprint density at radius 1 is 0.838 bits per heavy atom. The summed E-state index contributed by atoms with van der Waals surface area (Å²) in [5.41, 5.74) is 6.62. The van der Waals surface area contributed by atoms with Crippen LogP contribution in [0.2, 0.25) is 5.02 Å². The normalized spacial score (nSPS) is 10.9. The Hall–Kier alpha value is -3.65. The lowest BCUT2D eigenvalue weighted by Gasteiger charge is -2.17. The van der Waals surface area contributed by atoms with Gasteiger partial charge in [-0.2, -0.15) is 0 Å². The van der Waals surface area contributed by atoms with Gasteiger partial charge in [0.2, 0.25) is 5.88 Å². The van der Waals surface area contributed by atoms with Crippen molar-refractivity contribution in [3.8, 4) is 28.5 Å². The number of benzene rings is 2. The molecule has 0 aliphatic heterocycles. The molecule has 0 unspecified atom stereocenters. The number of hydrogen-bond donors (Lipinski definition) is 2. The Labute approximate surface area is 221 Å². The van der Waals surface area contributed by atoms with Gasteiger partial charge >= 0.3 is 0 Å². The average molecular weight is 521 g/mol. The molecule has 0 spiro atoms. The first-order valence-electron chi connectivity index (χ1n) is 11.8. The number of ether oxygens (including phenoxy) is 3. The van der Waals surface area contributed by atoms with Crippen LogP contribution in [0.3, 0.4) is 0 Å². The molecule has 192 valence electrons. The Bertz CT molecular complexity index is 1380. The Kier molecular flexibility index (Phi) is 8.61. The molecule has 0 saturated heterocycles. The zero-order chi connectivity index (χ0) is 26.4. The Morgan fingerprint density at radius 2 is 1.49 bits per heavy atom. The SMILES string of the molecule is COc1nc(COc2cccc(-c3cccc(OCc4ccc(CO)cn4)c3C)c2C)c(Cl)cc1CO. The van der Waals surface area contributed by atoms with Crippen molar-refractivity contribution in [3.05, 3.63) is 99.5 Å². The molecule has 4 aromatic rings. The van der Waals surface area contributed by atoms with E-state index in [1.54, 1.807) is 12.3 Å². The number of pyridine rings is 2. The molecule has 37 heavy (non-hydrogen) atoms. The molecule has 0 aliphatic rings. The van der Waals surface area contributed by atoms with E-state index < -0.39 is 0 Å². The summed E-state index contributed by atoms with van der Waals surface area (Å²) in [6.07, 6.45) is 1.65. The minimum absolute atomic E-state index is 0.0366. The molecule has 0 fully saturated rings. The molecule has 4 rings (SSSR count). The molecule has 0 amide bonds. The van der Waals surface area contributed by atoms with E-state index in [-0.39, 0.29) is 19.8 Å². The molecule has 7 nitrogen and oxygen atoms in total. The van der Waals surface area contributed by atoms with Crippen LogP contribution in [-0.4, -0.2) is 27.3 Å². The second-order valence-electron chi connectivity index (χ2n) is 8.49. The van der Waals surface area contributed by atoms with Gasteiger partial charge in [0.25, 0.3) is 0 Å². The van der Waals surface area contributed by atoms with E-state index in [4.69, 9.17) is 25.8 Å². The largest absolute Gasteiger partial charge is 0.487 e. The lowest BCUT2D eigenvalue weighted by atomic mass is 9.95. The average Bonchev–Trinajstić information content (AvgIpc) is 2.92. The minimum atomic E-state index is -0.215. The predicted octanol–water partition coefficient (Wildman–Crippen LogP) is 5.57. The fourth-order valence-electron chi connectivity index (χ4n) is 3.99. The van der Waals surface area contributed by atoms with Crippen molar-refractivity contribution in [3.63, 3.8) is 0 Å². The summed E-state index contributed by atoms with van der Waals surface area (Å²) in [6, 6.07) is 17.2. The van der Waals surface area contributed by atoms with Crippen molar-refractivity contribution < 1.29 is 24.4 Å². The van der Waals surface area contributed by atoms with Crippen LogP contribution in [0, 0.1) is 13.8 Å². The van der Waals surface area contributed by atoms with Crippen LogP contribution in [0.1, 0.15) is 33.6 Å². The smallest absolute Gasteiger partial charge is 0.219 e. The molecule has 2 heterocycles. The summed E-state index contributed by atoms with van der Waals surface area (Å²) in [5.74, 6) is 1.80. The van der Waals surface area contributed by atoms with Crippen molar-refractivity contribution in [1.82, 2.24) is 9.97 Å². The zero-order valence-corrected chi connectivity index (χ0v) is 21.7. The molecule has 2 aromatic heterocycles. The lowest BCUT2D eigenvalue weighted by Crippen LogP contribution is -2.05. The Morgan fingerprint density at radius 3 is 2.03 bits per heavy atom. The molecule has 0 aliphatic carbocycles. The topological polar surface area (TPSA) is 93.9 Å². The van der Waals surface area contributed by atoms with Crippen molar-refractivity contribution in [1.29, 1.82) is 0 Å². The van der Waals surface area contributed by atoms with E-state index in [9.17, 15) is 10.2 Å². The van der Waals surface area contributed by atoms with Gasteiger partial charge in [0.1, 0.15) is 30.4 Å². The molecule has 0 radical (unpaired) electrons. The second-order valence-corrected chi connectivity index (χ2v) is 8.90. The molecule has 0 atom stereocenters. The number of rotatable bonds is 10. The first kappa shape index (κ1) is 26.4. The van der Waals surface area contributed by atoms with E-state index in [2.05, 4.69) is 16.0 Å². The summed E-state index contributed by atoms with van der Waals surface area (Å²) in [6.45, 7) is 4.26. The number of halogens is 1. The third-order valence-corrected chi connectivity index (χ3v) is 6.45. The summed E-state index contributed by atoms with van der Waals surface area (Å²) in [4.78, 5) is 8.73. The number of aliphatic hydroxyl groups excluding tert-OH is 2. The van der Waals surface area contributed by atoms with E-state index in [0.29, 0.717) is 34.5 Å². The molecule has 0 bridgehead atoms. The summed E-state index contributed by atoms with van der Waals surface area (Å²) in [5, 5.41) is 19.1. The van der Waals surface area contributed by atoms with E-state index >= 15 is 0 Å². The Balaban J connectivity index is 1.54. The first-order valence-corrected chi connectivity index (χ1v) is 12.2. The highest BCUT2D eigenvalue weighted by Crippen LogP contribution is 2.36. The monoisotopic (exact) mass is 520 g/mol. The van der Waals surface area contributed by atoms with Crippen LogP contribution in [0.5, 0.6) is 17.4 Å². The molecule has 2 aromatic carbocycles. The van der Waals surface area contributed by atoms with Crippen LogP contribution in [0.25, 0.3) is 11.1 Å². The number of nitrogens with zero attached hydrogens (tertiary/aromatic N) is 2. The zero-order valence-electron chi connectivity index (χ0n) is 21.0. The quantitative estimate of drug-likeness (QED) is 0.282. The maximum Gasteiger partial charge on any atom is 0.219 e. The molecule has 0 saturated carbocycles. The third kappa shape index (κ3) is 6.02. The van der Waals surface area contributed by atoms with Crippen molar-refractivity contribution >= 4 is 11.6 Å². The highest BCUT2D eigenvalue weighted by molar-refractivity contribution is 6.31. The molecule has 8 heteroatoms. The fourth-order valence-corrected chi connectivity index (χ4v) is 4.22. The second kappa shape index (κ2) is 12.1. The summed E-state index contributed by atoms with van der Waals surface area (Å²) in [7, 11) is 1.50.